The predicted octanol–water partition coefficient (Wildman–Crippen LogP) is 1.68. The van der Waals surface area contributed by atoms with Crippen LogP contribution < -0.4 is 9.46 Å². The van der Waals surface area contributed by atoms with E-state index in [1.807, 2.05) is 0 Å². The topological polar surface area (TPSA) is 94.6 Å². The molecule has 0 aliphatic rings. The number of nitrogens with zero attached hydrogens (tertiary/aromatic N) is 1. The maximum atomic E-state index is 12.3. The van der Waals surface area contributed by atoms with Crippen LogP contribution in [-0.4, -0.2) is 33.6 Å². The van der Waals surface area contributed by atoms with E-state index in [0.29, 0.717) is 0 Å². The molecule has 1 N–H and O–H groups in total. The van der Waals surface area contributed by atoms with E-state index in [1.165, 1.54) is 56.9 Å². The van der Waals surface area contributed by atoms with Crippen molar-refractivity contribution >= 4 is 21.7 Å². The van der Waals surface area contributed by atoms with Crippen LogP contribution in [0.15, 0.2) is 47.6 Å². The van der Waals surface area contributed by atoms with Crippen molar-refractivity contribution in [3.63, 3.8) is 0 Å². The second-order valence-corrected chi connectivity index (χ2v) is 5.88. The molecule has 0 saturated heterocycles. The zero-order chi connectivity index (χ0) is 16.2. The van der Waals surface area contributed by atoms with Gasteiger partial charge in [-0.1, -0.05) is 0 Å². The van der Waals surface area contributed by atoms with Gasteiger partial charge in [-0.05, 0) is 30.3 Å². The summed E-state index contributed by atoms with van der Waals surface area (Å²) in [6.07, 6.45) is 2.69. The highest BCUT2D eigenvalue weighted by molar-refractivity contribution is 7.92. The summed E-state index contributed by atoms with van der Waals surface area (Å²) in [5.41, 5.74) is 0.335. The third-order valence-electron chi connectivity index (χ3n) is 2.81. The molecule has 8 heteroatoms. The molecule has 1 aromatic heterocycles. The first-order valence-corrected chi connectivity index (χ1v) is 7.65. The second-order valence-electron chi connectivity index (χ2n) is 4.20. The Labute approximate surface area is 128 Å². The molecule has 2 rings (SSSR count). The summed E-state index contributed by atoms with van der Waals surface area (Å²) >= 11 is 0. The maximum absolute atomic E-state index is 12.3. The van der Waals surface area contributed by atoms with Gasteiger partial charge in [0.1, 0.15) is 10.6 Å². The average Bonchev–Trinajstić information content (AvgIpc) is 2.54. The van der Waals surface area contributed by atoms with Crippen molar-refractivity contribution in [1.29, 1.82) is 0 Å². The number of carbonyl (C=O) groups is 1. The number of methoxy groups -OCH3 is 2. The van der Waals surface area contributed by atoms with Gasteiger partial charge in [-0.25, -0.2) is 13.2 Å². The number of carbonyl (C=O) groups excluding carboxylic acids is 1. The number of nitrogens with one attached hydrogen (secondary N) is 1. The van der Waals surface area contributed by atoms with E-state index in [9.17, 15) is 13.2 Å². The Hall–Kier alpha value is -2.61. The molecule has 0 spiro atoms. The number of esters is 1. The molecule has 0 saturated carbocycles. The predicted molar refractivity (Wildman–Crippen MR) is 79.4 cm³/mol. The minimum atomic E-state index is -3.84. The van der Waals surface area contributed by atoms with Gasteiger partial charge in [0, 0.05) is 12.4 Å². The van der Waals surface area contributed by atoms with E-state index in [-0.39, 0.29) is 21.9 Å². The molecule has 116 valence electrons. The van der Waals surface area contributed by atoms with Gasteiger partial charge in [0.05, 0.1) is 25.5 Å². The minimum Gasteiger partial charge on any atom is -0.495 e. The first kappa shape index (κ1) is 15.8. The van der Waals surface area contributed by atoms with E-state index in [1.54, 1.807) is 0 Å². The smallest absolute Gasteiger partial charge is 0.337 e. The molecule has 1 aromatic carbocycles. The molecule has 0 radical (unpaired) electrons. The average molecular weight is 322 g/mol. The van der Waals surface area contributed by atoms with E-state index in [4.69, 9.17) is 4.74 Å². The summed E-state index contributed by atoms with van der Waals surface area (Å²) in [4.78, 5) is 15.3. The second kappa shape index (κ2) is 6.44. The van der Waals surface area contributed by atoms with Crippen molar-refractivity contribution in [1.82, 2.24) is 4.98 Å². The van der Waals surface area contributed by atoms with Crippen LogP contribution in [0.3, 0.4) is 0 Å². The van der Waals surface area contributed by atoms with Crippen molar-refractivity contribution in [2.75, 3.05) is 18.9 Å². The molecule has 22 heavy (non-hydrogen) atoms. The van der Waals surface area contributed by atoms with Crippen LogP contribution in [0, 0.1) is 0 Å². The molecule has 2 aromatic rings. The Balaban J connectivity index is 2.41. The number of aromatic nitrogens is 1. The fraction of sp³-hybridized carbons (Fsp3) is 0.143. The van der Waals surface area contributed by atoms with Gasteiger partial charge in [0.2, 0.25) is 0 Å². The van der Waals surface area contributed by atoms with Gasteiger partial charge in [0.25, 0.3) is 10.0 Å². The molecule has 0 bridgehead atoms. The first-order valence-electron chi connectivity index (χ1n) is 6.17. The molecule has 0 fully saturated rings. The van der Waals surface area contributed by atoms with Gasteiger partial charge in [-0.3, -0.25) is 9.71 Å². The molecular weight excluding hydrogens is 308 g/mol. The van der Waals surface area contributed by atoms with Gasteiger partial charge in [0.15, 0.2) is 0 Å². The molecule has 0 aliphatic heterocycles. The number of pyridine rings is 1. The zero-order valence-corrected chi connectivity index (χ0v) is 12.8. The number of sulfonamides is 1. The van der Waals surface area contributed by atoms with E-state index in [2.05, 4.69) is 14.4 Å². The van der Waals surface area contributed by atoms with Gasteiger partial charge < -0.3 is 9.47 Å². The van der Waals surface area contributed by atoms with Crippen molar-refractivity contribution in [2.45, 2.75) is 4.90 Å². The van der Waals surface area contributed by atoms with E-state index in [0.717, 1.165) is 0 Å². The lowest BCUT2D eigenvalue weighted by molar-refractivity contribution is 0.0600. The maximum Gasteiger partial charge on any atom is 0.337 e. The summed E-state index contributed by atoms with van der Waals surface area (Å²) in [6.45, 7) is 0. The normalized spacial score (nSPS) is 10.8. The largest absolute Gasteiger partial charge is 0.495 e. The molecule has 0 atom stereocenters. The summed E-state index contributed by atoms with van der Waals surface area (Å²) in [6, 6.07) is 7.22. The molecule has 0 aliphatic carbocycles. The third kappa shape index (κ3) is 3.34. The fourth-order valence-electron chi connectivity index (χ4n) is 1.74. The number of anilines is 1. The van der Waals surface area contributed by atoms with E-state index >= 15 is 0 Å². The number of hydrogen-bond acceptors (Lipinski definition) is 6. The van der Waals surface area contributed by atoms with Gasteiger partial charge in [-0.15, -0.1) is 0 Å². The van der Waals surface area contributed by atoms with Gasteiger partial charge in [-0.2, -0.15) is 0 Å². The van der Waals surface area contributed by atoms with Crippen molar-refractivity contribution < 1.29 is 22.7 Å². The summed E-state index contributed by atoms with van der Waals surface area (Å²) in [5, 5.41) is 0. The minimum absolute atomic E-state index is 0.000485. The first-order chi connectivity index (χ1) is 10.5. The lowest BCUT2D eigenvalue weighted by Gasteiger charge is -2.12. The van der Waals surface area contributed by atoms with Crippen molar-refractivity contribution in [3.05, 3.63) is 48.3 Å². The number of benzene rings is 1. The zero-order valence-electron chi connectivity index (χ0n) is 11.9. The third-order valence-corrected chi connectivity index (χ3v) is 4.16. The highest BCUT2D eigenvalue weighted by Crippen LogP contribution is 2.28. The van der Waals surface area contributed by atoms with Crippen LogP contribution in [0.2, 0.25) is 0 Å². The molecule has 0 unspecified atom stereocenters. The van der Waals surface area contributed by atoms with Crippen LogP contribution in [0.25, 0.3) is 0 Å². The number of ether oxygens (including phenoxy) is 2. The SMILES string of the molecule is COC(=O)c1ccc(OC)c(NS(=O)(=O)c2cccnc2)c1. The highest BCUT2D eigenvalue weighted by Gasteiger charge is 2.18. The van der Waals surface area contributed by atoms with Crippen LogP contribution in [0.1, 0.15) is 10.4 Å². The Bertz CT molecular complexity index is 775. The summed E-state index contributed by atoms with van der Waals surface area (Å²) in [5.74, 6) is -0.301. The fourth-order valence-corrected chi connectivity index (χ4v) is 2.77. The Morgan fingerprint density at radius 1 is 1.23 bits per heavy atom. The summed E-state index contributed by atoms with van der Waals surface area (Å²) in [7, 11) is -1.20. The summed E-state index contributed by atoms with van der Waals surface area (Å²) < 4.78 is 36.7. The monoisotopic (exact) mass is 322 g/mol. The standard InChI is InChI=1S/C14H14N2O5S/c1-20-13-6-5-10(14(17)21-2)8-12(13)16-22(18,19)11-4-3-7-15-9-11/h3-9,16H,1-2H3. The molecule has 7 nitrogen and oxygen atoms in total. The van der Waals surface area contributed by atoms with Crippen molar-refractivity contribution in [2.24, 2.45) is 0 Å². The number of hydrogen-bond donors (Lipinski definition) is 1. The Kier molecular flexibility index (Phi) is 4.62. The van der Waals surface area contributed by atoms with Crippen LogP contribution in [-0.2, 0) is 14.8 Å². The van der Waals surface area contributed by atoms with Crippen LogP contribution in [0.4, 0.5) is 5.69 Å². The van der Waals surface area contributed by atoms with Gasteiger partial charge >= 0.3 is 5.97 Å². The van der Waals surface area contributed by atoms with Crippen LogP contribution >= 0.6 is 0 Å². The molecular formula is C14H14N2O5S. The Morgan fingerprint density at radius 3 is 2.59 bits per heavy atom. The number of rotatable bonds is 5. The Morgan fingerprint density at radius 2 is 2.00 bits per heavy atom. The van der Waals surface area contributed by atoms with E-state index < -0.39 is 16.0 Å². The lowest BCUT2D eigenvalue weighted by atomic mass is 10.2. The lowest BCUT2D eigenvalue weighted by Crippen LogP contribution is -2.14. The molecule has 1 heterocycles. The molecule has 0 amide bonds. The quantitative estimate of drug-likeness (QED) is 0.842. The highest BCUT2D eigenvalue weighted by atomic mass is 32.2. The van der Waals surface area contributed by atoms with Crippen molar-refractivity contribution in [3.8, 4) is 5.75 Å². The van der Waals surface area contributed by atoms with Crippen LogP contribution in [0.5, 0.6) is 5.75 Å².